The first-order valence-corrected chi connectivity index (χ1v) is 4.86. The molecular weight excluding hydrogens is 264 g/mol. The smallest absolute Gasteiger partial charge is 0.299 e. The number of hydrogen-bond acceptors (Lipinski definition) is 8. The van der Waals surface area contributed by atoms with Crippen molar-refractivity contribution >= 4 is 17.1 Å². The molecule has 11 heteroatoms. The minimum Gasteiger partial charge on any atom is -0.378 e. The topological polar surface area (TPSA) is 151 Å². The summed E-state index contributed by atoms with van der Waals surface area (Å²) in [6.07, 6.45) is 0. The Morgan fingerprint density at radius 2 is 1.79 bits per heavy atom. The second kappa shape index (κ2) is 6.09. The highest BCUT2D eigenvalue weighted by Crippen LogP contribution is 2.28. The molecule has 0 amide bonds. The highest BCUT2D eigenvalue weighted by Gasteiger charge is 2.18. The van der Waals surface area contributed by atoms with Crippen LogP contribution in [0.4, 0.5) is 17.1 Å². The summed E-state index contributed by atoms with van der Waals surface area (Å²) in [5, 5.41) is 32.6. The summed E-state index contributed by atoms with van der Waals surface area (Å²) in [6.45, 7) is -0.360. The second-order valence-electron chi connectivity index (χ2n) is 3.20. The van der Waals surface area contributed by atoms with Crippen molar-refractivity contribution < 1.29 is 19.8 Å². The van der Waals surface area contributed by atoms with Crippen LogP contribution in [-0.2, 0) is 4.84 Å². The molecule has 0 unspecified atom stereocenters. The molecule has 1 rings (SSSR count). The fourth-order valence-electron chi connectivity index (χ4n) is 1.24. The van der Waals surface area contributed by atoms with Gasteiger partial charge in [0.05, 0.1) is 15.9 Å². The lowest BCUT2D eigenvalue weighted by Gasteiger charge is -2.05. The van der Waals surface area contributed by atoms with Crippen molar-refractivity contribution in [3.05, 3.63) is 48.5 Å². The Hall–Kier alpha value is -2.98. The predicted molar refractivity (Wildman–Crippen MR) is 61.2 cm³/mol. The summed E-state index contributed by atoms with van der Waals surface area (Å²) in [4.78, 5) is 33.6. The van der Waals surface area contributed by atoms with Crippen LogP contribution in [0.5, 0.6) is 0 Å². The van der Waals surface area contributed by atoms with E-state index in [-0.39, 0.29) is 18.8 Å². The molecule has 19 heavy (non-hydrogen) atoms. The molecule has 0 saturated carbocycles. The van der Waals surface area contributed by atoms with E-state index in [1.807, 2.05) is 0 Å². The van der Waals surface area contributed by atoms with Crippen molar-refractivity contribution in [3.8, 4) is 0 Å². The van der Waals surface area contributed by atoms with E-state index in [2.05, 4.69) is 10.2 Å². The molecular formula is C8H8N4O7. The number of nitro groups is 2. The zero-order chi connectivity index (χ0) is 14.4. The summed E-state index contributed by atoms with van der Waals surface area (Å²) in [7, 11) is 0. The van der Waals surface area contributed by atoms with Gasteiger partial charge >= 0.3 is 0 Å². The van der Waals surface area contributed by atoms with Crippen molar-refractivity contribution in [1.29, 1.82) is 0 Å². The molecule has 0 aliphatic heterocycles. The molecule has 102 valence electrons. The second-order valence-corrected chi connectivity index (χ2v) is 3.20. The lowest BCUT2D eigenvalue weighted by molar-refractivity contribution is -0.757. The molecule has 11 nitrogen and oxygen atoms in total. The Morgan fingerprint density at radius 3 is 2.32 bits per heavy atom. The third-order valence-corrected chi connectivity index (χ3v) is 2.00. The van der Waals surface area contributed by atoms with Gasteiger partial charge in [0.1, 0.15) is 12.3 Å². The zero-order valence-corrected chi connectivity index (χ0v) is 9.35. The van der Waals surface area contributed by atoms with Crippen LogP contribution in [0.2, 0.25) is 0 Å². The van der Waals surface area contributed by atoms with Gasteiger partial charge in [-0.05, 0) is 6.07 Å². The summed E-state index contributed by atoms with van der Waals surface area (Å²) < 4.78 is 0. The highest BCUT2D eigenvalue weighted by atomic mass is 16.9. The van der Waals surface area contributed by atoms with Crippen LogP contribution in [0, 0.1) is 30.3 Å². The van der Waals surface area contributed by atoms with E-state index < -0.39 is 26.3 Å². The first-order chi connectivity index (χ1) is 8.91. The third kappa shape index (κ3) is 4.07. The maximum Gasteiger partial charge on any atom is 0.299 e. The molecule has 0 spiro atoms. The minimum absolute atomic E-state index is 0.0162. The van der Waals surface area contributed by atoms with Crippen LogP contribution in [0.3, 0.4) is 0 Å². The molecule has 0 saturated heterocycles. The minimum atomic E-state index is -0.994. The van der Waals surface area contributed by atoms with Crippen molar-refractivity contribution in [1.82, 2.24) is 0 Å². The van der Waals surface area contributed by atoms with Gasteiger partial charge in [-0.1, -0.05) is 0 Å². The number of anilines is 1. The molecule has 1 aromatic carbocycles. The maximum absolute atomic E-state index is 10.7. The van der Waals surface area contributed by atoms with Gasteiger partial charge in [-0.3, -0.25) is 20.2 Å². The normalized spacial score (nSPS) is 9.68. The molecule has 0 radical (unpaired) electrons. The summed E-state index contributed by atoms with van der Waals surface area (Å²) >= 11 is 0. The predicted octanol–water partition coefficient (Wildman–Crippen LogP) is 1.12. The first-order valence-electron chi connectivity index (χ1n) is 4.86. The van der Waals surface area contributed by atoms with E-state index in [9.17, 15) is 30.3 Å². The lowest BCUT2D eigenvalue weighted by Crippen LogP contribution is -2.13. The fourth-order valence-corrected chi connectivity index (χ4v) is 1.24. The average molecular weight is 272 g/mol. The van der Waals surface area contributed by atoms with E-state index >= 15 is 0 Å². The largest absolute Gasteiger partial charge is 0.378 e. The van der Waals surface area contributed by atoms with E-state index in [1.165, 1.54) is 0 Å². The molecule has 0 aliphatic rings. The Bertz CT molecular complexity index is 518. The molecule has 0 aromatic heterocycles. The van der Waals surface area contributed by atoms with Crippen molar-refractivity contribution in [2.75, 3.05) is 18.5 Å². The average Bonchev–Trinajstić information content (AvgIpc) is 2.34. The number of nitrogens with one attached hydrogen (secondary N) is 1. The number of benzene rings is 1. The summed E-state index contributed by atoms with van der Waals surface area (Å²) in [5.74, 6) is 0. The lowest BCUT2D eigenvalue weighted by atomic mass is 10.2. The van der Waals surface area contributed by atoms with Crippen molar-refractivity contribution in [2.24, 2.45) is 0 Å². The third-order valence-electron chi connectivity index (χ3n) is 2.00. The van der Waals surface area contributed by atoms with E-state index in [0.717, 1.165) is 18.2 Å². The molecule has 0 aliphatic carbocycles. The summed E-state index contributed by atoms with van der Waals surface area (Å²) in [6, 6.07) is 3.04. The van der Waals surface area contributed by atoms with E-state index in [0.29, 0.717) is 0 Å². The van der Waals surface area contributed by atoms with Gasteiger partial charge in [-0.2, -0.15) is 0 Å². The maximum atomic E-state index is 10.7. The molecule has 0 fully saturated rings. The van der Waals surface area contributed by atoms with Gasteiger partial charge in [0.2, 0.25) is 0 Å². The zero-order valence-electron chi connectivity index (χ0n) is 9.35. The quantitative estimate of drug-likeness (QED) is 0.440. The molecule has 0 bridgehead atoms. The summed E-state index contributed by atoms with van der Waals surface area (Å²) in [5.41, 5.74) is -0.892. The van der Waals surface area contributed by atoms with Crippen LogP contribution in [0.15, 0.2) is 18.2 Å². The van der Waals surface area contributed by atoms with Crippen LogP contribution < -0.4 is 5.32 Å². The SMILES string of the molecule is O=[N+]([O-])OCCNc1ccc([N+](=O)[O-])cc1[N+](=O)[O-]. The monoisotopic (exact) mass is 272 g/mol. The Kier molecular flexibility index (Phi) is 4.51. The van der Waals surface area contributed by atoms with Gasteiger partial charge in [0, 0.05) is 12.6 Å². The highest BCUT2D eigenvalue weighted by molar-refractivity contribution is 5.65. The number of non-ortho nitro benzene ring substituents is 1. The Balaban J connectivity index is 2.79. The van der Waals surface area contributed by atoms with Gasteiger partial charge in [0.25, 0.3) is 16.5 Å². The van der Waals surface area contributed by atoms with Crippen LogP contribution in [0.1, 0.15) is 0 Å². The van der Waals surface area contributed by atoms with Gasteiger partial charge in [-0.15, -0.1) is 10.1 Å². The van der Waals surface area contributed by atoms with Gasteiger partial charge in [-0.25, -0.2) is 0 Å². The van der Waals surface area contributed by atoms with Crippen LogP contribution in [0.25, 0.3) is 0 Å². The van der Waals surface area contributed by atoms with E-state index in [1.54, 1.807) is 0 Å². The fraction of sp³-hybridized carbons (Fsp3) is 0.250. The number of nitrogens with zero attached hydrogens (tertiary/aromatic N) is 3. The molecule has 1 N–H and O–H groups in total. The van der Waals surface area contributed by atoms with Gasteiger partial charge in [0.15, 0.2) is 0 Å². The number of rotatable bonds is 7. The molecule has 0 atom stereocenters. The number of hydrogen-bond donors (Lipinski definition) is 1. The Labute approximate surface area is 105 Å². The first kappa shape index (κ1) is 14.1. The molecule has 0 heterocycles. The van der Waals surface area contributed by atoms with Crippen molar-refractivity contribution in [3.63, 3.8) is 0 Å². The van der Waals surface area contributed by atoms with Crippen molar-refractivity contribution in [2.45, 2.75) is 0 Å². The molecule has 1 aromatic rings. The van der Waals surface area contributed by atoms with Crippen LogP contribution in [-0.4, -0.2) is 28.1 Å². The standard InChI is InChI=1S/C8H8N4O7/c13-10(14)6-1-2-7(8(5-6)11(15)16)9-3-4-19-12(17)18/h1-2,5,9H,3-4H2. The van der Waals surface area contributed by atoms with Gasteiger partial charge < -0.3 is 10.2 Å². The van der Waals surface area contributed by atoms with Crippen LogP contribution >= 0.6 is 0 Å². The number of nitro benzene ring substituents is 2. The van der Waals surface area contributed by atoms with E-state index in [4.69, 9.17) is 0 Å². The Morgan fingerprint density at radius 1 is 1.11 bits per heavy atom.